The number of aryl methyl sites for hydroxylation is 1. The van der Waals surface area contributed by atoms with Gasteiger partial charge in [0, 0.05) is 37.3 Å². The topological polar surface area (TPSA) is 118 Å². The van der Waals surface area contributed by atoms with Gasteiger partial charge in [-0.2, -0.15) is 0 Å². The molecule has 182 valence electrons. The van der Waals surface area contributed by atoms with Crippen molar-refractivity contribution in [2.45, 2.75) is 18.5 Å². The molecule has 5 rings (SSSR count). The van der Waals surface area contributed by atoms with E-state index in [1.54, 1.807) is 6.92 Å². The summed E-state index contributed by atoms with van der Waals surface area (Å²) in [4.78, 5) is 38.7. The number of piperazine rings is 1. The van der Waals surface area contributed by atoms with Gasteiger partial charge in [-0.1, -0.05) is 30.0 Å². The summed E-state index contributed by atoms with van der Waals surface area (Å²) in [5.41, 5.74) is 1.03. The zero-order chi connectivity index (χ0) is 24.5. The molecule has 35 heavy (non-hydrogen) atoms. The number of aromatic carboxylic acids is 1. The minimum absolute atomic E-state index is 0.129. The average Bonchev–Trinajstić information content (AvgIpc) is 3.21. The molecule has 11 heteroatoms. The number of aromatic nitrogens is 3. The number of carboxylic acid groups (broad SMARTS) is 1. The number of benzene rings is 1. The van der Waals surface area contributed by atoms with Gasteiger partial charge >= 0.3 is 5.97 Å². The van der Waals surface area contributed by atoms with E-state index < -0.39 is 11.5 Å². The summed E-state index contributed by atoms with van der Waals surface area (Å²) in [5, 5.41) is 11.2. The monoisotopic (exact) mass is 510 g/mol. The molecule has 1 saturated heterocycles. The summed E-state index contributed by atoms with van der Waals surface area (Å²) in [6.07, 6.45) is 0.927. The van der Waals surface area contributed by atoms with E-state index in [0.29, 0.717) is 15.6 Å². The molecule has 4 heterocycles. The van der Waals surface area contributed by atoms with Crippen molar-refractivity contribution in [1.29, 1.82) is 0 Å². The summed E-state index contributed by atoms with van der Waals surface area (Å²) in [6, 6.07) is 12.4. The first kappa shape index (κ1) is 23.6. The van der Waals surface area contributed by atoms with Gasteiger partial charge in [0.25, 0.3) is 5.56 Å². The summed E-state index contributed by atoms with van der Waals surface area (Å²) in [6.45, 7) is 6.37. The third-order valence-electron chi connectivity index (χ3n) is 6.29. The van der Waals surface area contributed by atoms with E-state index in [1.807, 2.05) is 18.2 Å². The molecule has 0 aliphatic carbocycles. The van der Waals surface area contributed by atoms with Crippen molar-refractivity contribution in [3.8, 4) is 0 Å². The molecule has 1 fully saturated rings. The van der Waals surface area contributed by atoms with Gasteiger partial charge in [0.1, 0.15) is 15.5 Å². The highest BCUT2D eigenvalue weighted by Gasteiger charge is 2.21. The van der Waals surface area contributed by atoms with Crippen molar-refractivity contribution < 1.29 is 9.90 Å². The lowest BCUT2D eigenvalue weighted by molar-refractivity contribution is 0.0701. The SMILES string of the molecule is Cc1c(C(=O)O)sc2nc(SCCCN3CCN(c4ccc5ccccc5n4)CC3)n(N)c(=O)c12. The number of para-hydroxylation sites is 1. The first-order chi connectivity index (χ1) is 16.9. The number of thioether (sulfide) groups is 1. The van der Waals surface area contributed by atoms with Gasteiger partial charge in [-0.05, 0) is 43.7 Å². The van der Waals surface area contributed by atoms with Crippen molar-refractivity contribution in [3.05, 3.63) is 57.2 Å². The number of nitrogen functional groups attached to an aromatic ring is 1. The molecule has 1 aliphatic rings. The van der Waals surface area contributed by atoms with Crippen LogP contribution < -0.4 is 16.3 Å². The maximum Gasteiger partial charge on any atom is 0.346 e. The number of pyridine rings is 1. The smallest absolute Gasteiger partial charge is 0.346 e. The molecular formula is C24H26N6O3S2. The normalized spacial score (nSPS) is 14.7. The van der Waals surface area contributed by atoms with Gasteiger partial charge in [0.15, 0.2) is 5.16 Å². The lowest BCUT2D eigenvalue weighted by atomic mass is 10.2. The van der Waals surface area contributed by atoms with Crippen LogP contribution in [0.5, 0.6) is 0 Å². The van der Waals surface area contributed by atoms with Gasteiger partial charge in [0.05, 0.1) is 10.9 Å². The van der Waals surface area contributed by atoms with Crippen LogP contribution in [0.25, 0.3) is 21.1 Å². The van der Waals surface area contributed by atoms with Crippen LogP contribution in [0.1, 0.15) is 21.7 Å². The molecule has 0 saturated carbocycles. The van der Waals surface area contributed by atoms with E-state index in [4.69, 9.17) is 10.8 Å². The maximum absolute atomic E-state index is 12.7. The number of hydrogen-bond acceptors (Lipinski definition) is 9. The van der Waals surface area contributed by atoms with Crippen molar-refractivity contribution in [1.82, 2.24) is 19.5 Å². The summed E-state index contributed by atoms with van der Waals surface area (Å²) >= 11 is 2.44. The Morgan fingerprint density at radius 3 is 2.69 bits per heavy atom. The van der Waals surface area contributed by atoms with Crippen molar-refractivity contribution >= 4 is 56.0 Å². The molecule has 4 aromatic rings. The first-order valence-electron chi connectivity index (χ1n) is 11.4. The largest absolute Gasteiger partial charge is 0.477 e. The Hall–Kier alpha value is -3.15. The van der Waals surface area contributed by atoms with Crippen LogP contribution >= 0.6 is 23.1 Å². The molecule has 3 N–H and O–H groups in total. The van der Waals surface area contributed by atoms with E-state index in [-0.39, 0.29) is 10.3 Å². The number of hydrogen-bond donors (Lipinski definition) is 2. The van der Waals surface area contributed by atoms with E-state index in [0.717, 1.165) is 77.6 Å². The van der Waals surface area contributed by atoms with Crippen LogP contribution in [0, 0.1) is 6.92 Å². The minimum Gasteiger partial charge on any atom is -0.477 e. The van der Waals surface area contributed by atoms with E-state index in [9.17, 15) is 14.7 Å². The number of rotatable bonds is 7. The van der Waals surface area contributed by atoms with Gasteiger partial charge in [-0.25, -0.2) is 19.4 Å². The van der Waals surface area contributed by atoms with Crippen LogP contribution in [-0.2, 0) is 0 Å². The van der Waals surface area contributed by atoms with Gasteiger partial charge in [0.2, 0.25) is 0 Å². The standard InChI is InChI=1S/C24H26N6O3S2/c1-15-19-21(35-20(15)23(32)33)27-24(30(25)22(19)31)34-14-4-9-28-10-12-29(13-11-28)18-8-7-16-5-2-3-6-17(16)26-18/h2-3,5-8H,4,9-14,25H2,1H3,(H,32,33). The Labute approximate surface area is 210 Å². The third kappa shape index (κ3) is 4.71. The highest BCUT2D eigenvalue weighted by molar-refractivity contribution is 7.99. The number of carbonyl (C=O) groups is 1. The Kier molecular flexibility index (Phi) is 6.63. The number of nitrogens with two attached hydrogens (primary N) is 1. The van der Waals surface area contributed by atoms with Crippen molar-refractivity contribution in [2.75, 3.05) is 49.2 Å². The van der Waals surface area contributed by atoms with Crippen LogP contribution in [0.3, 0.4) is 0 Å². The number of carboxylic acids is 1. The molecule has 1 aliphatic heterocycles. The minimum atomic E-state index is -1.06. The molecule has 0 spiro atoms. The maximum atomic E-state index is 12.7. The zero-order valence-electron chi connectivity index (χ0n) is 19.3. The summed E-state index contributed by atoms with van der Waals surface area (Å²) in [5.74, 6) is 6.72. The summed E-state index contributed by atoms with van der Waals surface area (Å²) in [7, 11) is 0. The molecular weight excluding hydrogens is 484 g/mol. The van der Waals surface area contributed by atoms with Gasteiger partial charge < -0.3 is 15.8 Å². The number of fused-ring (bicyclic) bond motifs is 2. The molecule has 0 bridgehead atoms. The van der Waals surface area contributed by atoms with Crippen molar-refractivity contribution in [2.24, 2.45) is 0 Å². The van der Waals surface area contributed by atoms with Crippen LogP contribution in [0.2, 0.25) is 0 Å². The molecule has 0 atom stereocenters. The van der Waals surface area contributed by atoms with E-state index in [1.165, 1.54) is 11.8 Å². The molecule has 1 aromatic carbocycles. The molecule has 0 radical (unpaired) electrons. The fourth-order valence-corrected chi connectivity index (χ4v) is 6.27. The molecule has 0 unspecified atom stereocenters. The summed E-state index contributed by atoms with van der Waals surface area (Å²) < 4.78 is 1.04. The van der Waals surface area contributed by atoms with Crippen LogP contribution in [0.15, 0.2) is 46.3 Å². The molecule has 9 nitrogen and oxygen atoms in total. The van der Waals surface area contributed by atoms with Gasteiger partial charge in [-0.15, -0.1) is 11.3 Å². The number of anilines is 1. The predicted molar refractivity (Wildman–Crippen MR) is 141 cm³/mol. The second-order valence-electron chi connectivity index (χ2n) is 8.50. The predicted octanol–water partition coefficient (Wildman–Crippen LogP) is 3.03. The quantitative estimate of drug-likeness (QED) is 0.167. The number of thiophene rings is 1. The lowest BCUT2D eigenvalue weighted by Gasteiger charge is -2.35. The van der Waals surface area contributed by atoms with E-state index in [2.05, 4.69) is 33.0 Å². The Balaban J connectivity index is 1.14. The fourth-order valence-electron chi connectivity index (χ4n) is 4.37. The van der Waals surface area contributed by atoms with Crippen LogP contribution in [0.4, 0.5) is 5.82 Å². The van der Waals surface area contributed by atoms with Crippen LogP contribution in [-0.4, -0.2) is 69.1 Å². The average molecular weight is 511 g/mol. The second-order valence-corrected chi connectivity index (χ2v) is 10.6. The number of nitrogens with zero attached hydrogens (tertiary/aromatic N) is 5. The third-order valence-corrected chi connectivity index (χ3v) is 8.50. The van der Waals surface area contributed by atoms with E-state index >= 15 is 0 Å². The Morgan fingerprint density at radius 2 is 1.91 bits per heavy atom. The fraction of sp³-hybridized carbons (Fsp3) is 0.333. The highest BCUT2D eigenvalue weighted by atomic mass is 32.2. The highest BCUT2D eigenvalue weighted by Crippen LogP contribution is 2.29. The van der Waals surface area contributed by atoms with Crippen molar-refractivity contribution in [3.63, 3.8) is 0 Å². The lowest BCUT2D eigenvalue weighted by Crippen LogP contribution is -2.47. The molecule has 3 aromatic heterocycles. The van der Waals surface area contributed by atoms with Gasteiger partial charge in [-0.3, -0.25) is 9.69 Å². The Morgan fingerprint density at radius 1 is 1.14 bits per heavy atom. The Bertz CT molecular complexity index is 1460. The zero-order valence-corrected chi connectivity index (χ0v) is 20.9. The molecule has 0 amide bonds. The second kappa shape index (κ2) is 9.84. The first-order valence-corrected chi connectivity index (χ1v) is 13.2.